The van der Waals surface area contributed by atoms with Gasteiger partial charge in [-0.3, -0.25) is 4.57 Å². The van der Waals surface area contributed by atoms with Crippen molar-refractivity contribution in [3.8, 4) is 12.1 Å². The zero-order valence-electron chi connectivity index (χ0n) is 15.4. The molecule has 9 heteroatoms. The van der Waals surface area contributed by atoms with Crippen LogP contribution in [-0.4, -0.2) is 14.2 Å². The maximum absolute atomic E-state index is 13.3. The molecule has 5 nitrogen and oxygen atoms in total. The smallest absolute Gasteiger partial charge is 0.311 e. The molecule has 1 aromatic carbocycles. The Balaban J connectivity index is 3.84. The molecule has 0 spiro atoms. The van der Waals surface area contributed by atoms with Gasteiger partial charge in [-0.15, -0.1) is 6.58 Å². The molecule has 0 saturated heterocycles. The van der Waals surface area contributed by atoms with E-state index in [9.17, 15) is 28.3 Å². The number of alkyl halides is 3. The summed E-state index contributed by atoms with van der Waals surface area (Å²) in [6.07, 6.45) is -3.21. The molecule has 0 aliphatic heterocycles. The largest absolute Gasteiger partial charge is 0.416 e. The molecule has 0 amide bonds. The van der Waals surface area contributed by atoms with Gasteiger partial charge in [0.2, 0.25) is 0 Å². The summed E-state index contributed by atoms with van der Waals surface area (Å²) < 4.78 is 61.9. The highest BCUT2D eigenvalue weighted by molar-refractivity contribution is 7.54. The van der Waals surface area contributed by atoms with Crippen LogP contribution in [0.1, 0.15) is 30.6 Å². The second-order valence-corrected chi connectivity index (χ2v) is 8.71. The lowest BCUT2D eigenvalue weighted by Gasteiger charge is -2.41. The number of halogens is 3. The predicted molar refractivity (Wildman–Crippen MR) is 93.4 cm³/mol. The quantitative estimate of drug-likeness (QED) is 0.447. The average Bonchev–Trinajstić information content (AvgIpc) is 2.64. The third kappa shape index (κ3) is 3.94. The Hall–Kier alpha value is -2.12. The second kappa shape index (κ2) is 7.86. The summed E-state index contributed by atoms with van der Waals surface area (Å²) in [6, 6.07) is 7.50. The fraction of sp³-hybridized carbons (Fsp3) is 0.444. The van der Waals surface area contributed by atoms with E-state index in [0.29, 0.717) is 0 Å². The van der Waals surface area contributed by atoms with Crippen molar-refractivity contribution in [2.24, 2.45) is 10.8 Å². The van der Waals surface area contributed by atoms with Crippen LogP contribution in [-0.2, 0) is 19.8 Å². The van der Waals surface area contributed by atoms with Gasteiger partial charge >= 0.3 is 13.8 Å². The standard InChI is InChI=1S/C18H20F3N2O3P/c1-6-16(2,3)17(11-22,12-23)15(27(24,25-4)26-5)13-7-9-14(10-8-13)18(19,20)21/h6-10,15H,1H2,2-5H3. The summed E-state index contributed by atoms with van der Waals surface area (Å²) in [5.41, 5.74) is -5.53. The average molecular weight is 400 g/mol. The third-order valence-electron chi connectivity index (χ3n) is 4.67. The van der Waals surface area contributed by atoms with Crippen LogP contribution < -0.4 is 0 Å². The Morgan fingerprint density at radius 3 is 1.85 bits per heavy atom. The van der Waals surface area contributed by atoms with Crippen molar-refractivity contribution in [3.63, 3.8) is 0 Å². The minimum Gasteiger partial charge on any atom is -0.311 e. The number of hydrogen-bond acceptors (Lipinski definition) is 5. The molecular weight excluding hydrogens is 380 g/mol. The van der Waals surface area contributed by atoms with E-state index in [1.807, 2.05) is 12.1 Å². The zero-order valence-corrected chi connectivity index (χ0v) is 16.3. The van der Waals surface area contributed by atoms with Crippen LogP contribution in [0.3, 0.4) is 0 Å². The Morgan fingerprint density at radius 1 is 1.11 bits per heavy atom. The Bertz CT molecular complexity index is 798. The first kappa shape index (κ1) is 22.9. The molecule has 27 heavy (non-hydrogen) atoms. The van der Waals surface area contributed by atoms with Gasteiger partial charge in [0.25, 0.3) is 0 Å². The molecule has 0 radical (unpaired) electrons. The van der Waals surface area contributed by atoms with Crippen molar-refractivity contribution in [1.82, 2.24) is 0 Å². The monoisotopic (exact) mass is 400 g/mol. The second-order valence-electron chi connectivity index (χ2n) is 6.38. The van der Waals surface area contributed by atoms with E-state index in [1.54, 1.807) is 13.8 Å². The van der Waals surface area contributed by atoms with Gasteiger partial charge in [-0.25, -0.2) is 0 Å². The minimum absolute atomic E-state index is 0.0491. The number of nitrogens with zero attached hydrogens (tertiary/aromatic N) is 2. The Kier molecular flexibility index (Phi) is 6.67. The number of nitriles is 2. The summed E-state index contributed by atoms with van der Waals surface area (Å²) in [4.78, 5) is 0. The van der Waals surface area contributed by atoms with Crippen molar-refractivity contribution in [3.05, 3.63) is 48.0 Å². The van der Waals surface area contributed by atoms with Crippen LogP contribution in [0.25, 0.3) is 0 Å². The van der Waals surface area contributed by atoms with E-state index in [1.165, 1.54) is 6.08 Å². The van der Waals surface area contributed by atoms with E-state index in [2.05, 4.69) is 6.58 Å². The first-order chi connectivity index (χ1) is 12.4. The number of rotatable bonds is 7. The summed E-state index contributed by atoms with van der Waals surface area (Å²) in [5, 5.41) is 19.8. The Labute approximate surface area is 156 Å². The molecule has 0 N–H and O–H groups in total. The van der Waals surface area contributed by atoms with Crippen LogP contribution >= 0.6 is 7.60 Å². The molecule has 1 rings (SSSR count). The van der Waals surface area contributed by atoms with Crippen molar-refractivity contribution in [2.45, 2.75) is 25.7 Å². The van der Waals surface area contributed by atoms with Crippen LogP contribution in [0.4, 0.5) is 13.2 Å². The van der Waals surface area contributed by atoms with E-state index in [-0.39, 0.29) is 5.56 Å². The highest BCUT2D eigenvalue weighted by Gasteiger charge is 2.59. The fourth-order valence-corrected chi connectivity index (χ4v) is 4.79. The number of allylic oxidation sites excluding steroid dienone is 1. The molecule has 0 saturated carbocycles. The third-order valence-corrected chi connectivity index (χ3v) is 7.00. The minimum atomic E-state index is -4.57. The normalized spacial score (nSPS) is 14.1. The van der Waals surface area contributed by atoms with E-state index < -0.39 is 35.8 Å². The van der Waals surface area contributed by atoms with Gasteiger partial charge in [0.05, 0.1) is 17.7 Å². The maximum Gasteiger partial charge on any atom is 0.416 e. The lowest BCUT2D eigenvalue weighted by atomic mass is 9.64. The van der Waals surface area contributed by atoms with Crippen molar-refractivity contribution >= 4 is 7.60 Å². The molecule has 1 unspecified atom stereocenters. The molecule has 1 aromatic rings. The first-order valence-corrected chi connectivity index (χ1v) is 9.34. The van der Waals surface area contributed by atoms with Crippen LogP contribution in [0, 0.1) is 33.5 Å². The molecule has 146 valence electrons. The van der Waals surface area contributed by atoms with E-state index in [4.69, 9.17) is 9.05 Å². The van der Waals surface area contributed by atoms with E-state index in [0.717, 1.165) is 38.5 Å². The zero-order chi connectivity index (χ0) is 21.1. The van der Waals surface area contributed by atoms with Gasteiger partial charge in [0.1, 0.15) is 5.66 Å². The van der Waals surface area contributed by atoms with Crippen molar-refractivity contribution in [1.29, 1.82) is 10.5 Å². The molecular formula is C18H20F3N2O3P. The highest BCUT2D eigenvalue weighted by atomic mass is 31.2. The lowest BCUT2D eigenvalue weighted by molar-refractivity contribution is -0.137. The Morgan fingerprint density at radius 2 is 1.56 bits per heavy atom. The molecule has 0 aliphatic carbocycles. The summed E-state index contributed by atoms with van der Waals surface area (Å²) >= 11 is 0. The van der Waals surface area contributed by atoms with Gasteiger partial charge in [-0.2, -0.15) is 23.7 Å². The van der Waals surface area contributed by atoms with E-state index >= 15 is 0 Å². The molecule has 0 aliphatic rings. The van der Waals surface area contributed by atoms with Crippen molar-refractivity contribution < 1.29 is 26.8 Å². The van der Waals surface area contributed by atoms with Crippen LogP contribution in [0.5, 0.6) is 0 Å². The van der Waals surface area contributed by atoms with Gasteiger partial charge in [-0.1, -0.05) is 32.1 Å². The first-order valence-electron chi connectivity index (χ1n) is 7.73. The predicted octanol–water partition coefficient (Wildman–Crippen LogP) is 5.48. The molecule has 0 fully saturated rings. The summed E-state index contributed by atoms with van der Waals surface area (Å²) in [7, 11) is -1.94. The molecule has 0 bridgehead atoms. The molecule has 0 aromatic heterocycles. The van der Waals surface area contributed by atoms with Gasteiger partial charge in [0, 0.05) is 19.6 Å². The topological polar surface area (TPSA) is 83.1 Å². The maximum atomic E-state index is 13.3. The summed E-state index contributed by atoms with van der Waals surface area (Å²) in [5.74, 6) is 0. The highest BCUT2D eigenvalue weighted by Crippen LogP contribution is 2.69. The number of hydrogen-bond donors (Lipinski definition) is 0. The number of benzene rings is 1. The van der Waals surface area contributed by atoms with Crippen molar-refractivity contribution in [2.75, 3.05) is 14.2 Å². The van der Waals surface area contributed by atoms with Crippen LogP contribution in [0.2, 0.25) is 0 Å². The molecule has 0 heterocycles. The van der Waals surface area contributed by atoms with Gasteiger partial charge < -0.3 is 9.05 Å². The SMILES string of the molecule is C=CC(C)(C)C(C#N)(C#N)C(c1ccc(C(F)(F)F)cc1)P(=O)(OC)OC. The lowest BCUT2D eigenvalue weighted by Crippen LogP contribution is -2.40. The van der Waals surface area contributed by atoms with Gasteiger partial charge in [0.15, 0.2) is 5.41 Å². The van der Waals surface area contributed by atoms with Gasteiger partial charge in [-0.05, 0) is 17.7 Å². The fourth-order valence-electron chi connectivity index (χ4n) is 2.76. The van der Waals surface area contributed by atoms with Crippen LogP contribution in [0.15, 0.2) is 36.9 Å². The molecule has 1 atom stereocenters. The summed E-state index contributed by atoms with van der Waals surface area (Å²) in [6.45, 7) is 6.71.